The summed E-state index contributed by atoms with van der Waals surface area (Å²) in [5, 5.41) is 6.32. The van der Waals surface area contributed by atoms with E-state index in [1.165, 1.54) is 11.3 Å². The molecule has 2 N–H and O–H groups in total. The van der Waals surface area contributed by atoms with Crippen LogP contribution in [0.2, 0.25) is 0 Å². The van der Waals surface area contributed by atoms with Crippen LogP contribution in [0.4, 0.5) is 5.69 Å². The third kappa shape index (κ3) is 2.78. The fourth-order valence-corrected chi connectivity index (χ4v) is 2.26. The number of fused-ring (bicyclic) bond motifs is 1. The molecule has 1 heterocycles. The Kier molecular flexibility index (Phi) is 3.67. The molecule has 1 amide bonds. The second-order valence-corrected chi connectivity index (χ2v) is 4.71. The fourth-order valence-electron chi connectivity index (χ4n) is 2.26. The first-order valence-electron chi connectivity index (χ1n) is 6.38. The molecule has 0 saturated carbocycles. The Morgan fingerprint density at radius 1 is 1.53 bits per heavy atom. The van der Waals surface area contributed by atoms with E-state index in [2.05, 4.69) is 24.5 Å². The summed E-state index contributed by atoms with van der Waals surface area (Å²) in [6, 6.07) is 6.15. The number of rotatable bonds is 4. The zero-order chi connectivity index (χ0) is 12.3. The van der Waals surface area contributed by atoms with E-state index < -0.39 is 0 Å². The summed E-state index contributed by atoms with van der Waals surface area (Å²) in [5.74, 6) is 0.0423. The summed E-state index contributed by atoms with van der Waals surface area (Å²) in [4.78, 5) is 12.0. The van der Waals surface area contributed by atoms with Gasteiger partial charge in [-0.25, -0.2) is 0 Å². The predicted octanol–water partition coefficient (Wildman–Crippen LogP) is 2.57. The SMILES string of the molecule is CCCC(C)NC(=O)c1ccc2c(c1)CCN2. The van der Waals surface area contributed by atoms with E-state index in [0.717, 1.165) is 31.4 Å². The highest BCUT2D eigenvalue weighted by molar-refractivity contribution is 5.95. The highest BCUT2D eigenvalue weighted by atomic mass is 16.1. The van der Waals surface area contributed by atoms with Crippen LogP contribution in [0.25, 0.3) is 0 Å². The Labute approximate surface area is 103 Å². The van der Waals surface area contributed by atoms with Crippen molar-refractivity contribution in [1.29, 1.82) is 0 Å². The van der Waals surface area contributed by atoms with Crippen molar-refractivity contribution in [1.82, 2.24) is 5.32 Å². The highest BCUT2D eigenvalue weighted by Crippen LogP contribution is 2.22. The summed E-state index contributed by atoms with van der Waals surface area (Å²) >= 11 is 0. The summed E-state index contributed by atoms with van der Waals surface area (Å²) < 4.78 is 0. The van der Waals surface area contributed by atoms with Crippen molar-refractivity contribution in [2.24, 2.45) is 0 Å². The van der Waals surface area contributed by atoms with E-state index in [0.29, 0.717) is 0 Å². The molecule has 0 saturated heterocycles. The normalized spacial score (nSPS) is 14.9. The van der Waals surface area contributed by atoms with Gasteiger partial charge in [0.05, 0.1) is 0 Å². The molecule has 3 nitrogen and oxygen atoms in total. The van der Waals surface area contributed by atoms with E-state index >= 15 is 0 Å². The Hall–Kier alpha value is -1.51. The molecule has 1 aliphatic heterocycles. The molecule has 3 heteroatoms. The van der Waals surface area contributed by atoms with Crippen LogP contribution in [0.1, 0.15) is 42.6 Å². The number of carbonyl (C=O) groups is 1. The molecule has 0 spiro atoms. The number of carbonyl (C=O) groups excluding carboxylic acids is 1. The molecule has 0 bridgehead atoms. The quantitative estimate of drug-likeness (QED) is 0.837. The zero-order valence-corrected chi connectivity index (χ0v) is 10.5. The van der Waals surface area contributed by atoms with Gasteiger partial charge in [0.25, 0.3) is 5.91 Å². The molecule has 1 aromatic carbocycles. The Morgan fingerprint density at radius 3 is 3.12 bits per heavy atom. The first-order chi connectivity index (χ1) is 8.20. The Morgan fingerprint density at radius 2 is 2.35 bits per heavy atom. The van der Waals surface area contributed by atoms with Crippen molar-refractivity contribution in [2.45, 2.75) is 39.2 Å². The number of anilines is 1. The minimum absolute atomic E-state index is 0.0423. The van der Waals surface area contributed by atoms with Gasteiger partial charge in [-0.2, -0.15) is 0 Å². The van der Waals surface area contributed by atoms with Crippen LogP contribution in [0.5, 0.6) is 0 Å². The Bertz CT molecular complexity index is 415. The lowest BCUT2D eigenvalue weighted by molar-refractivity contribution is 0.0938. The summed E-state index contributed by atoms with van der Waals surface area (Å²) in [6.07, 6.45) is 3.13. The largest absolute Gasteiger partial charge is 0.384 e. The topological polar surface area (TPSA) is 41.1 Å². The van der Waals surface area contributed by atoms with Gasteiger partial charge in [0.15, 0.2) is 0 Å². The van der Waals surface area contributed by atoms with Gasteiger partial charge >= 0.3 is 0 Å². The first-order valence-corrected chi connectivity index (χ1v) is 6.38. The van der Waals surface area contributed by atoms with Crippen molar-refractivity contribution in [3.05, 3.63) is 29.3 Å². The molecule has 1 aromatic rings. The van der Waals surface area contributed by atoms with Gasteiger partial charge in [0, 0.05) is 23.8 Å². The lowest BCUT2D eigenvalue weighted by Gasteiger charge is -2.13. The highest BCUT2D eigenvalue weighted by Gasteiger charge is 2.14. The van der Waals surface area contributed by atoms with Crippen molar-refractivity contribution in [3.63, 3.8) is 0 Å². The number of benzene rings is 1. The van der Waals surface area contributed by atoms with Crippen LogP contribution in [0, 0.1) is 0 Å². The van der Waals surface area contributed by atoms with E-state index in [-0.39, 0.29) is 11.9 Å². The van der Waals surface area contributed by atoms with Gasteiger partial charge in [-0.3, -0.25) is 4.79 Å². The van der Waals surface area contributed by atoms with Gasteiger partial charge in [-0.05, 0) is 43.5 Å². The van der Waals surface area contributed by atoms with Crippen LogP contribution >= 0.6 is 0 Å². The molecule has 0 aliphatic carbocycles. The standard InChI is InChI=1S/C14H20N2O/c1-3-4-10(2)16-14(17)12-5-6-13-11(9-12)7-8-15-13/h5-6,9-10,15H,3-4,7-8H2,1-2H3,(H,16,17). The number of hydrogen-bond acceptors (Lipinski definition) is 2. The molecule has 1 atom stereocenters. The third-order valence-corrected chi connectivity index (χ3v) is 3.18. The summed E-state index contributed by atoms with van der Waals surface area (Å²) in [5.41, 5.74) is 3.19. The van der Waals surface area contributed by atoms with Crippen LogP contribution in [0.15, 0.2) is 18.2 Å². The van der Waals surface area contributed by atoms with Crippen molar-refractivity contribution in [3.8, 4) is 0 Å². The lowest BCUT2D eigenvalue weighted by atomic mass is 10.1. The van der Waals surface area contributed by atoms with Crippen LogP contribution < -0.4 is 10.6 Å². The molecule has 17 heavy (non-hydrogen) atoms. The van der Waals surface area contributed by atoms with Crippen LogP contribution in [0.3, 0.4) is 0 Å². The van der Waals surface area contributed by atoms with E-state index in [1.54, 1.807) is 0 Å². The van der Waals surface area contributed by atoms with Crippen molar-refractivity contribution >= 4 is 11.6 Å². The predicted molar refractivity (Wildman–Crippen MR) is 70.5 cm³/mol. The lowest BCUT2D eigenvalue weighted by Crippen LogP contribution is -2.32. The van der Waals surface area contributed by atoms with Crippen molar-refractivity contribution in [2.75, 3.05) is 11.9 Å². The maximum atomic E-state index is 12.0. The van der Waals surface area contributed by atoms with E-state index in [9.17, 15) is 4.79 Å². The average Bonchev–Trinajstić information content (AvgIpc) is 2.75. The van der Waals surface area contributed by atoms with E-state index in [1.807, 2.05) is 18.2 Å². The van der Waals surface area contributed by atoms with Crippen molar-refractivity contribution < 1.29 is 4.79 Å². The molecule has 92 valence electrons. The monoisotopic (exact) mass is 232 g/mol. The number of hydrogen-bond donors (Lipinski definition) is 2. The average molecular weight is 232 g/mol. The second-order valence-electron chi connectivity index (χ2n) is 4.71. The molecular formula is C14H20N2O. The molecule has 1 unspecified atom stereocenters. The van der Waals surface area contributed by atoms with Gasteiger partial charge in [0.2, 0.25) is 0 Å². The van der Waals surface area contributed by atoms with Gasteiger partial charge in [-0.15, -0.1) is 0 Å². The maximum Gasteiger partial charge on any atom is 0.251 e. The second kappa shape index (κ2) is 5.21. The number of nitrogens with one attached hydrogen (secondary N) is 2. The molecule has 0 radical (unpaired) electrons. The molecule has 1 aliphatic rings. The minimum atomic E-state index is 0.0423. The van der Waals surface area contributed by atoms with Gasteiger partial charge in [0.1, 0.15) is 0 Å². The van der Waals surface area contributed by atoms with Crippen LogP contribution in [-0.2, 0) is 6.42 Å². The molecule has 2 rings (SSSR count). The van der Waals surface area contributed by atoms with E-state index in [4.69, 9.17) is 0 Å². The van der Waals surface area contributed by atoms with Gasteiger partial charge < -0.3 is 10.6 Å². The Balaban J connectivity index is 2.04. The molecular weight excluding hydrogens is 212 g/mol. The summed E-state index contributed by atoms with van der Waals surface area (Å²) in [7, 11) is 0. The van der Waals surface area contributed by atoms with Crippen LogP contribution in [-0.4, -0.2) is 18.5 Å². The maximum absolute atomic E-state index is 12.0. The zero-order valence-electron chi connectivity index (χ0n) is 10.5. The number of amides is 1. The van der Waals surface area contributed by atoms with Gasteiger partial charge in [-0.1, -0.05) is 13.3 Å². The molecule has 0 fully saturated rings. The minimum Gasteiger partial charge on any atom is -0.384 e. The summed E-state index contributed by atoms with van der Waals surface area (Å²) in [6.45, 7) is 5.16. The third-order valence-electron chi connectivity index (χ3n) is 3.18. The smallest absolute Gasteiger partial charge is 0.251 e. The first kappa shape index (κ1) is 12.0. The fraction of sp³-hybridized carbons (Fsp3) is 0.500. The molecule has 0 aromatic heterocycles.